The number of aromatic nitrogens is 1. The average Bonchev–Trinajstić information content (AvgIpc) is 3.14. The van der Waals surface area contributed by atoms with Crippen LogP contribution in [0.5, 0.6) is 11.5 Å². The van der Waals surface area contributed by atoms with Crippen LogP contribution in [0.2, 0.25) is 0 Å². The number of para-hydroxylation sites is 1. The van der Waals surface area contributed by atoms with E-state index < -0.39 is 5.97 Å². The summed E-state index contributed by atoms with van der Waals surface area (Å²) in [6, 6.07) is 13.0. The number of carbonyl (C=O) groups is 2. The molecule has 3 aromatic rings. The van der Waals surface area contributed by atoms with Crippen LogP contribution in [-0.2, 0) is 27.3 Å². The number of ether oxygens (including phenoxy) is 3. The third-order valence-corrected chi connectivity index (χ3v) is 5.34. The molecule has 1 amide bonds. The molecule has 0 aliphatic rings. The zero-order chi connectivity index (χ0) is 20.8. The van der Waals surface area contributed by atoms with E-state index in [1.54, 1.807) is 32.4 Å². The van der Waals surface area contributed by atoms with Crippen molar-refractivity contribution in [2.24, 2.45) is 0 Å². The maximum atomic E-state index is 12.3. The molecule has 1 aromatic heterocycles. The van der Waals surface area contributed by atoms with Crippen LogP contribution in [0.25, 0.3) is 10.2 Å². The highest BCUT2D eigenvalue weighted by Gasteiger charge is 2.16. The predicted molar refractivity (Wildman–Crippen MR) is 110 cm³/mol. The van der Waals surface area contributed by atoms with Crippen LogP contribution in [0.3, 0.4) is 0 Å². The fourth-order valence-electron chi connectivity index (χ4n) is 2.74. The Bertz CT molecular complexity index is 984. The van der Waals surface area contributed by atoms with E-state index >= 15 is 0 Å². The molecule has 7 nitrogen and oxygen atoms in total. The lowest BCUT2D eigenvalue weighted by Crippen LogP contribution is -2.31. The van der Waals surface area contributed by atoms with E-state index in [4.69, 9.17) is 14.2 Å². The first-order valence-corrected chi connectivity index (χ1v) is 9.76. The number of nitrogens with zero attached hydrogens (tertiary/aromatic N) is 2. The molecule has 29 heavy (non-hydrogen) atoms. The van der Waals surface area contributed by atoms with Gasteiger partial charge in [0, 0.05) is 18.7 Å². The molecule has 0 unspecified atom stereocenters. The molecule has 0 atom stereocenters. The molecule has 0 radical (unpaired) electrons. The Hall–Kier alpha value is -3.13. The Morgan fingerprint density at radius 1 is 1.10 bits per heavy atom. The van der Waals surface area contributed by atoms with Gasteiger partial charge in [-0.2, -0.15) is 0 Å². The van der Waals surface area contributed by atoms with E-state index in [0.717, 1.165) is 15.2 Å². The van der Waals surface area contributed by atoms with Crippen LogP contribution < -0.4 is 9.47 Å². The standard InChI is InChI=1S/C21H22N2O5S/c1-23(12-19-22-16-6-4-5-7-18(16)29-19)20(24)13-28-21(25)10-14-8-9-15(26-2)11-17(14)27-3/h4-9,11H,10,12-13H2,1-3H3. The van der Waals surface area contributed by atoms with Crippen LogP contribution in [0, 0.1) is 0 Å². The maximum absolute atomic E-state index is 12.3. The number of esters is 1. The summed E-state index contributed by atoms with van der Waals surface area (Å²) >= 11 is 1.54. The minimum atomic E-state index is -0.504. The van der Waals surface area contributed by atoms with Gasteiger partial charge in [0.25, 0.3) is 5.91 Å². The second kappa shape index (κ2) is 9.38. The lowest BCUT2D eigenvalue weighted by Gasteiger charge is -2.16. The van der Waals surface area contributed by atoms with E-state index in [0.29, 0.717) is 23.6 Å². The molecule has 152 valence electrons. The molecular weight excluding hydrogens is 392 g/mol. The second-order valence-corrected chi connectivity index (χ2v) is 7.46. The molecule has 0 spiro atoms. The largest absolute Gasteiger partial charge is 0.497 e. The first-order chi connectivity index (χ1) is 14.0. The molecule has 8 heteroatoms. The van der Waals surface area contributed by atoms with E-state index in [-0.39, 0.29) is 18.9 Å². The summed E-state index contributed by atoms with van der Waals surface area (Å²) in [7, 11) is 4.73. The lowest BCUT2D eigenvalue weighted by atomic mass is 10.1. The summed E-state index contributed by atoms with van der Waals surface area (Å²) < 4.78 is 16.6. The number of likely N-dealkylation sites (N-methyl/N-ethyl adjacent to an activating group) is 1. The Morgan fingerprint density at radius 2 is 1.90 bits per heavy atom. The van der Waals surface area contributed by atoms with Gasteiger partial charge in [0.05, 0.1) is 37.4 Å². The predicted octanol–water partition coefficient (Wildman–Crippen LogP) is 3.06. The highest BCUT2D eigenvalue weighted by Crippen LogP contribution is 2.25. The van der Waals surface area contributed by atoms with Gasteiger partial charge in [0.2, 0.25) is 0 Å². The summed E-state index contributed by atoms with van der Waals surface area (Å²) in [6.45, 7) is 0.0424. The number of amides is 1. The summed E-state index contributed by atoms with van der Waals surface area (Å²) in [6.07, 6.45) is 0.00202. The molecule has 1 heterocycles. The monoisotopic (exact) mass is 414 g/mol. The molecule has 0 aliphatic carbocycles. The van der Waals surface area contributed by atoms with Gasteiger partial charge in [-0.3, -0.25) is 9.59 Å². The molecule has 0 saturated heterocycles. The van der Waals surface area contributed by atoms with Gasteiger partial charge in [-0.25, -0.2) is 4.98 Å². The molecule has 0 N–H and O–H groups in total. The number of methoxy groups -OCH3 is 2. The van der Waals surface area contributed by atoms with Gasteiger partial charge in [0.15, 0.2) is 6.61 Å². The minimum absolute atomic E-state index is 0.00202. The van der Waals surface area contributed by atoms with Crippen LogP contribution in [0.4, 0.5) is 0 Å². The van der Waals surface area contributed by atoms with Crippen molar-refractivity contribution >= 4 is 33.4 Å². The van der Waals surface area contributed by atoms with E-state index in [1.165, 1.54) is 23.3 Å². The number of hydrogen-bond donors (Lipinski definition) is 0. The molecule has 3 rings (SSSR count). The van der Waals surface area contributed by atoms with Gasteiger partial charge in [-0.05, 0) is 18.2 Å². The molecule has 2 aromatic carbocycles. The SMILES string of the molecule is COc1ccc(CC(=O)OCC(=O)N(C)Cc2nc3ccccc3s2)c(OC)c1. The third-order valence-electron chi connectivity index (χ3n) is 4.32. The topological polar surface area (TPSA) is 78.0 Å². The number of fused-ring (bicyclic) bond motifs is 1. The van der Waals surface area contributed by atoms with Gasteiger partial charge < -0.3 is 19.1 Å². The fourth-order valence-corrected chi connectivity index (χ4v) is 3.76. The minimum Gasteiger partial charge on any atom is -0.497 e. The highest BCUT2D eigenvalue weighted by molar-refractivity contribution is 7.18. The zero-order valence-electron chi connectivity index (χ0n) is 16.5. The average molecular weight is 414 g/mol. The van der Waals surface area contributed by atoms with Crippen LogP contribution in [-0.4, -0.2) is 49.6 Å². The van der Waals surface area contributed by atoms with Crippen molar-refractivity contribution in [1.82, 2.24) is 9.88 Å². The molecule has 0 aliphatic heterocycles. The number of carbonyl (C=O) groups excluding carboxylic acids is 2. The van der Waals surface area contributed by atoms with Crippen LogP contribution >= 0.6 is 11.3 Å². The zero-order valence-corrected chi connectivity index (χ0v) is 17.3. The first kappa shape index (κ1) is 20.6. The van der Waals surface area contributed by atoms with E-state index in [9.17, 15) is 9.59 Å². The van der Waals surface area contributed by atoms with Crippen LogP contribution in [0.1, 0.15) is 10.6 Å². The smallest absolute Gasteiger partial charge is 0.310 e. The first-order valence-electron chi connectivity index (χ1n) is 8.95. The molecule has 0 fully saturated rings. The third kappa shape index (κ3) is 5.23. The number of benzene rings is 2. The van der Waals surface area contributed by atoms with Crippen molar-refractivity contribution in [3.05, 3.63) is 53.0 Å². The van der Waals surface area contributed by atoms with E-state index in [1.807, 2.05) is 24.3 Å². The van der Waals surface area contributed by atoms with Crippen molar-refractivity contribution in [3.8, 4) is 11.5 Å². The Kier molecular flexibility index (Phi) is 6.66. The molecule has 0 bridgehead atoms. The van der Waals surface area contributed by atoms with Gasteiger partial charge in [-0.15, -0.1) is 11.3 Å². The molecular formula is C21H22N2O5S. The number of thiazole rings is 1. The molecule has 0 saturated carbocycles. The number of hydrogen-bond acceptors (Lipinski definition) is 7. The summed E-state index contributed by atoms with van der Waals surface area (Å²) in [4.78, 5) is 30.5. The highest BCUT2D eigenvalue weighted by atomic mass is 32.1. The van der Waals surface area contributed by atoms with Crippen molar-refractivity contribution in [1.29, 1.82) is 0 Å². The van der Waals surface area contributed by atoms with Gasteiger partial charge >= 0.3 is 5.97 Å². The van der Waals surface area contributed by atoms with Crippen LogP contribution in [0.15, 0.2) is 42.5 Å². The summed E-state index contributed by atoms with van der Waals surface area (Å²) in [5.74, 6) is 0.362. The Balaban J connectivity index is 1.52. The van der Waals surface area contributed by atoms with Gasteiger partial charge in [0.1, 0.15) is 16.5 Å². The Morgan fingerprint density at radius 3 is 2.62 bits per heavy atom. The van der Waals surface area contributed by atoms with Crippen molar-refractivity contribution < 1.29 is 23.8 Å². The normalized spacial score (nSPS) is 10.6. The van der Waals surface area contributed by atoms with Crippen molar-refractivity contribution in [3.63, 3.8) is 0 Å². The second-order valence-electron chi connectivity index (χ2n) is 6.34. The lowest BCUT2D eigenvalue weighted by molar-refractivity contribution is -0.151. The number of rotatable bonds is 8. The Labute approximate surface area is 172 Å². The maximum Gasteiger partial charge on any atom is 0.310 e. The van der Waals surface area contributed by atoms with Crippen molar-refractivity contribution in [2.75, 3.05) is 27.9 Å². The quantitative estimate of drug-likeness (QED) is 0.527. The van der Waals surface area contributed by atoms with E-state index in [2.05, 4.69) is 4.98 Å². The van der Waals surface area contributed by atoms with Gasteiger partial charge in [-0.1, -0.05) is 18.2 Å². The fraction of sp³-hybridized carbons (Fsp3) is 0.286. The summed E-state index contributed by atoms with van der Waals surface area (Å²) in [5.41, 5.74) is 1.57. The summed E-state index contributed by atoms with van der Waals surface area (Å²) in [5, 5.41) is 0.830. The van der Waals surface area contributed by atoms with Crippen molar-refractivity contribution in [2.45, 2.75) is 13.0 Å².